The SMILES string of the molecule is NC(=O)[C@@H](Cc1ccc(-c2ccccc2)cc1)NC(=O)[C@@H](O)c1ccc(C(F)(F)F)cc1. The van der Waals surface area contributed by atoms with Crippen LogP contribution in [0.1, 0.15) is 22.8 Å². The summed E-state index contributed by atoms with van der Waals surface area (Å²) >= 11 is 0. The van der Waals surface area contributed by atoms with E-state index in [4.69, 9.17) is 5.73 Å². The predicted octanol–water partition coefficient (Wildman–Crippen LogP) is 3.62. The zero-order valence-corrected chi connectivity index (χ0v) is 16.8. The Labute approximate surface area is 182 Å². The maximum Gasteiger partial charge on any atom is 0.416 e. The zero-order valence-electron chi connectivity index (χ0n) is 16.8. The van der Waals surface area contributed by atoms with Crippen molar-refractivity contribution in [2.45, 2.75) is 24.7 Å². The Morgan fingerprint density at radius 3 is 1.97 bits per heavy atom. The largest absolute Gasteiger partial charge is 0.416 e. The van der Waals surface area contributed by atoms with Gasteiger partial charge in [0, 0.05) is 6.42 Å². The second-order valence-corrected chi connectivity index (χ2v) is 7.25. The molecule has 0 spiro atoms. The summed E-state index contributed by atoms with van der Waals surface area (Å²) in [5.74, 6) is -1.74. The van der Waals surface area contributed by atoms with E-state index >= 15 is 0 Å². The van der Waals surface area contributed by atoms with Gasteiger partial charge in [-0.05, 0) is 34.4 Å². The summed E-state index contributed by atoms with van der Waals surface area (Å²) in [7, 11) is 0. The van der Waals surface area contributed by atoms with Crippen molar-refractivity contribution < 1.29 is 27.9 Å². The number of benzene rings is 3. The van der Waals surface area contributed by atoms with Gasteiger partial charge in [0.15, 0.2) is 6.10 Å². The van der Waals surface area contributed by atoms with Crippen LogP contribution < -0.4 is 11.1 Å². The highest BCUT2D eigenvalue weighted by Gasteiger charge is 2.31. The van der Waals surface area contributed by atoms with E-state index in [2.05, 4.69) is 5.32 Å². The Bertz CT molecular complexity index is 1070. The number of nitrogens with two attached hydrogens (primary N) is 1. The zero-order chi connectivity index (χ0) is 23.3. The maximum atomic E-state index is 12.7. The van der Waals surface area contributed by atoms with Gasteiger partial charge in [0.25, 0.3) is 5.91 Å². The van der Waals surface area contributed by atoms with Crippen molar-refractivity contribution >= 4 is 11.8 Å². The van der Waals surface area contributed by atoms with E-state index in [-0.39, 0.29) is 12.0 Å². The second kappa shape index (κ2) is 9.65. The number of primary amides is 1. The molecule has 0 fully saturated rings. The highest BCUT2D eigenvalue weighted by atomic mass is 19.4. The number of amides is 2. The first-order valence-corrected chi connectivity index (χ1v) is 9.74. The fraction of sp³-hybridized carbons (Fsp3) is 0.167. The molecule has 0 unspecified atom stereocenters. The predicted molar refractivity (Wildman–Crippen MR) is 113 cm³/mol. The number of nitrogens with one attached hydrogen (secondary N) is 1. The molecule has 3 rings (SSSR count). The summed E-state index contributed by atoms with van der Waals surface area (Å²) in [5.41, 5.74) is 7.20. The first-order chi connectivity index (χ1) is 15.1. The fourth-order valence-electron chi connectivity index (χ4n) is 3.18. The summed E-state index contributed by atoms with van der Waals surface area (Å²) in [6, 6.07) is 19.5. The van der Waals surface area contributed by atoms with Crippen LogP contribution in [0.2, 0.25) is 0 Å². The molecule has 0 aromatic heterocycles. The van der Waals surface area contributed by atoms with Crippen LogP contribution in [0.5, 0.6) is 0 Å². The number of aliphatic hydroxyl groups is 1. The number of hydrogen-bond donors (Lipinski definition) is 3. The summed E-state index contributed by atoms with van der Waals surface area (Å²) < 4.78 is 38.0. The molecular formula is C24H21F3N2O3. The Kier molecular flexibility index (Phi) is 6.95. The van der Waals surface area contributed by atoms with Crippen LogP contribution in [-0.2, 0) is 22.2 Å². The minimum atomic E-state index is -4.53. The molecule has 2 atom stereocenters. The minimum Gasteiger partial charge on any atom is -0.378 e. The van der Waals surface area contributed by atoms with Crippen molar-refractivity contribution in [1.82, 2.24) is 5.32 Å². The summed E-state index contributed by atoms with van der Waals surface area (Å²) in [6.45, 7) is 0. The average molecular weight is 442 g/mol. The number of carbonyl (C=O) groups is 2. The van der Waals surface area contributed by atoms with Gasteiger partial charge in [-0.2, -0.15) is 13.2 Å². The smallest absolute Gasteiger partial charge is 0.378 e. The monoisotopic (exact) mass is 442 g/mol. The van der Waals surface area contributed by atoms with Crippen molar-refractivity contribution in [1.29, 1.82) is 0 Å². The van der Waals surface area contributed by atoms with Crippen molar-refractivity contribution in [3.05, 3.63) is 95.6 Å². The molecule has 0 heterocycles. The van der Waals surface area contributed by atoms with Crippen LogP contribution >= 0.6 is 0 Å². The molecule has 3 aromatic rings. The van der Waals surface area contributed by atoms with Crippen LogP contribution in [-0.4, -0.2) is 23.0 Å². The third kappa shape index (κ3) is 5.73. The first-order valence-electron chi connectivity index (χ1n) is 9.74. The topological polar surface area (TPSA) is 92.4 Å². The first kappa shape index (κ1) is 23.0. The van der Waals surface area contributed by atoms with Crippen molar-refractivity contribution in [2.75, 3.05) is 0 Å². The Hall–Kier alpha value is -3.65. The second-order valence-electron chi connectivity index (χ2n) is 7.25. The summed E-state index contributed by atoms with van der Waals surface area (Å²) in [6.07, 6.45) is -6.19. The van der Waals surface area contributed by atoms with Crippen molar-refractivity contribution in [3.8, 4) is 11.1 Å². The lowest BCUT2D eigenvalue weighted by molar-refractivity contribution is -0.137. The molecule has 0 saturated carbocycles. The van der Waals surface area contributed by atoms with Crippen LogP contribution in [0.3, 0.4) is 0 Å². The average Bonchev–Trinajstić information content (AvgIpc) is 2.78. The summed E-state index contributed by atoms with van der Waals surface area (Å²) in [4.78, 5) is 24.2. The van der Waals surface area contributed by atoms with Gasteiger partial charge in [-0.1, -0.05) is 66.7 Å². The van der Waals surface area contributed by atoms with Gasteiger partial charge in [-0.15, -0.1) is 0 Å². The van der Waals surface area contributed by atoms with E-state index in [1.54, 1.807) is 12.1 Å². The molecule has 5 nitrogen and oxygen atoms in total. The molecule has 8 heteroatoms. The number of carbonyl (C=O) groups excluding carboxylic acids is 2. The highest BCUT2D eigenvalue weighted by Crippen LogP contribution is 2.30. The Morgan fingerprint density at radius 1 is 0.875 bits per heavy atom. The summed E-state index contributed by atoms with van der Waals surface area (Å²) in [5, 5.41) is 12.6. The van der Waals surface area contributed by atoms with Crippen LogP contribution in [0.25, 0.3) is 11.1 Å². The number of aliphatic hydroxyl groups excluding tert-OH is 1. The van der Waals surface area contributed by atoms with E-state index in [0.29, 0.717) is 0 Å². The third-order valence-corrected chi connectivity index (χ3v) is 4.96. The molecule has 0 radical (unpaired) electrons. The molecule has 0 aliphatic heterocycles. The molecule has 0 aliphatic rings. The number of hydrogen-bond acceptors (Lipinski definition) is 3. The molecule has 166 valence electrons. The highest BCUT2D eigenvalue weighted by molar-refractivity contribution is 5.89. The van der Waals surface area contributed by atoms with E-state index in [0.717, 1.165) is 41.0 Å². The molecule has 0 aliphatic carbocycles. The Morgan fingerprint density at radius 2 is 1.44 bits per heavy atom. The van der Waals surface area contributed by atoms with Gasteiger partial charge in [0.05, 0.1) is 5.56 Å². The van der Waals surface area contributed by atoms with Crippen LogP contribution in [0.15, 0.2) is 78.9 Å². The van der Waals surface area contributed by atoms with Gasteiger partial charge in [-0.3, -0.25) is 9.59 Å². The van der Waals surface area contributed by atoms with Crippen molar-refractivity contribution in [3.63, 3.8) is 0 Å². The number of halogens is 3. The van der Waals surface area contributed by atoms with E-state index in [9.17, 15) is 27.9 Å². The third-order valence-electron chi connectivity index (χ3n) is 4.96. The normalized spacial score (nSPS) is 13.2. The quantitative estimate of drug-likeness (QED) is 0.522. The molecule has 32 heavy (non-hydrogen) atoms. The number of alkyl halides is 3. The number of rotatable bonds is 7. The van der Waals surface area contributed by atoms with Crippen LogP contribution in [0, 0.1) is 0 Å². The fourth-order valence-corrected chi connectivity index (χ4v) is 3.18. The molecule has 2 amide bonds. The van der Waals surface area contributed by atoms with Crippen molar-refractivity contribution in [2.24, 2.45) is 5.73 Å². The molecular weight excluding hydrogens is 421 g/mol. The molecule has 3 aromatic carbocycles. The van der Waals surface area contributed by atoms with Gasteiger partial charge < -0.3 is 16.2 Å². The van der Waals surface area contributed by atoms with E-state index in [1.807, 2.05) is 42.5 Å². The van der Waals surface area contributed by atoms with Gasteiger partial charge in [0.1, 0.15) is 6.04 Å². The molecule has 0 saturated heterocycles. The molecule has 4 N–H and O–H groups in total. The lowest BCUT2D eigenvalue weighted by Gasteiger charge is -2.19. The van der Waals surface area contributed by atoms with Gasteiger partial charge in [0.2, 0.25) is 5.91 Å². The lowest BCUT2D eigenvalue weighted by atomic mass is 10.00. The van der Waals surface area contributed by atoms with E-state index in [1.165, 1.54) is 0 Å². The standard InChI is InChI=1S/C24H21F3N2O3/c25-24(26,27)19-12-10-18(11-13-19)21(30)23(32)29-20(22(28)31)14-15-6-8-17(9-7-15)16-4-2-1-3-5-16/h1-13,20-21,30H,14H2,(H2,28,31)(H,29,32)/t20-,21+/m1/s1. The van der Waals surface area contributed by atoms with Gasteiger partial charge >= 0.3 is 6.18 Å². The maximum absolute atomic E-state index is 12.7. The Balaban J connectivity index is 1.67. The van der Waals surface area contributed by atoms with Crippen LogP contribution in [0.4, 0.5) is 13.2 Å². The minimum absolute atomic E-state index is 0.0362. The van der Waals surface area contributed by atoms with Gasteiger partial charge in [-0.25, -0.2) is 0 Å². The van der Waals surface area contributed by atoms with E-state index < -0.39 is 35.7 Å². The molecule has 0 bridgehead atoms. The lowest BCUT2D eigenvalue weighted by Crippen LogP contribution is -2.47.